The summed E-state index contributed by atoms with van der Waals surface area (Å²) in [5.74, 6) is 0.533. The van der Waals surface area contributed by atoms with Gasteiger partial charge in [0.2, 0.25) is 17.7 Å². The molecular formula is C20H38N4O3. The third-order valence-electron chi connectivity index (χ3n) is 5.14. The number of rotatable bonds is 10. The van der Waals surface area contributed by atoms with Crippen molar-refractivity contribution in [2.24, 2.45) is 17.6 Å². The predicted molar refractivity (Wildman–Crippen MR) is 107 cm³/mol. The molecule has 2 atom stereocenters. The van der Waals surface area contributed by atoms with Crippen molar-refractivity contribution in [3.63, 3.8) is 0 Å². The van der Waals surface area contributed by atoms with Crippen molar-refractivity contribution in [2.45, 2.75) is 65.8 Å². The van der Waals surface area contributed by atoms with Crippen LogP contribution in [0.1, 0.15) is 59.8 Å². The lowest BCUT2D eigenvalue weighted by Crippen LogP contribution is -2.50. The first-order chi connectivity index (χ1) is 12.7. The molecule has 1 saturated heterocycles. The Bertz CT molecular complexity index is 486. The van der Waals surface area contributed by atoms with Crippen LogP contribution in [-0.2, 0) is 14.4 Å². The number of amides is 3. The molecule has 3 amide bonds. The number of hydrogen-bond donors (Lipinski definition) is 2. The number of unbranched alkanes of at least 4 members (excludes halogenated alkanes) is 2. The summed E-state index contributed by atoms with van der Waals surface area (Å²) in [6, 6.07) is -0.149. The van der Waals surface area contributed by atoms with Gasteiger partial charge in [0.25, 0.3) is 0 Å². The molecule has 27 heavy (non-hydrogen) atoms. The van der Waals surface area contributed by atoms with Crippen LogP contribution in [0.3, 0.4) is 0 Å². The van der Waals surface area contributed by atoms with Crippen LogP contribution in [-0.4, -0.2) is 66.3 Å². The zero-order valence-electron chi connectivity index (χ0n) is 17.5. The largest absolute Gasteiger partial charge is 0.356 e. The zero-order valence-corrected chi connectivity index (χ0v) is 17.5. The number of nitrogens with zero attached hydrogens (tertiary/aromatic N) is 2. The van der Waals surface area contributed by atoms with Crippen molar-refractivity contribution in [1.29, 1.82) is 0 Å². The highest BCUT2D eigenvalue weighted by Gasteiger charge is 2.24. The minimum atomic E-state index is -0.183. The van der Waals surface area contributed by atoms with Crippen molar-refractivity contribution in [3.05, 3.63) is 0 Å². The van der Waals surface area contributed by atoms with Crippen LogP contribution in [0.15, 0.2) is 0 Å². The first-order valence-electron chi connectivity index (χ1n) is 10.3. The van der Waals surface area contributed by atoms with Crippen LogP contribution in [0.5, 0.6) is 0 Å². The van der Waals surface area contributed by atoms with E-state index in [2.05, 4.69) is 5.32 Å². The van der Waals surface area contributed by atoms with Gasteiger partial charge in [-0.25, -0.2) is 0 Å². The summed E-state index contributed by atoms with van der Waals surface area (Å²) in [7, 11) is 0. The third-order valence-corrected chi connectivity index (χ3v) is 5.14. The van der Waals surface area contributed by atoms with Crippen LogP contribution >= 0.6 is 0 Å². The molecule has 0 aromatic rings. The van der Waals surface area contributed by atoms with E-state index >= 15 is 0 Å². The minimum Gasteiger partial charge on any atom is -0.356 e. The molecular weight excluding hydrogens is 344 g/mol. The van der Waals surface area contributed by atoms with Crippen molar-refractivity contribution in [1.82, 2.24) is 15.1 Å². The molecule has 7 heteroatoms. The number of carbonyl (C=O) groups is 3. The van der Waals surface area contributed by atoms with Crippen LogP contribution < -0.4 is 11.1 Å². The van der Waals surface area contributed by atoms with Gasteiger partial charge < -0.3 is 20.9 Å². The van der Waals surface area contributed by atoms with Crippen LogP contribution in [0, 0.1) is 11.8 Å². The standard InChI is InChI=1S/C20H38N4O3/c1-15(2)14-19(26)24-12-10-23(11-13-24)18(25)8-6-5-7-9-22-20(27)16(3)17(4)21/h15-17H,5-14,21H2,1-4H3,(H,22,27). The number of hydrogen-bond acceptors (Lipinski definition) is 4. The lowest BCUT2D eigenvalue weighted by Gasteiger charge is -2.35. The van der Waals surface area contributed by atoms with E-state index in [-0.39, 0.29) is 29.7 Å². The Morgan fingerprint density at radius 2 is 1.44 bits per heavy atom. The molecule has 156 valence electrons. The van der Waals surface area contributed by atoms with Gasteiger partial charge >= 0.3 is 0 Å². The fourth-order valence-electron chi connectivity index (χ4n) is 3.03. The summed E-state index contributed by atoms with van der Waals surface area (Å²) < 4.78 is 0. The molecule has 3 N–H and O–H groups in total. The highest BCUT2D eigenvalue weighted by atomic mass is 16.2. The van der Waals surface area contributed by atoms with Gasteiger partial charge in [0, 0.05) is 57.5 Å². The summed E-state index contributed by atoms with van der Waals surface area (Å²) in [5, 5.41) is 2.89. The Morgan fingerprint density at radius 1 is 0.889 bits per heavy atom. The Morgan fingerprint density at radius 3 is 1.96 bits per heavy atom. The molecule has 1 rings (SSSR count). The summed E-state index contributed by atoms with van der Waals surface area (Å²) in [6.07, 6.45) is 3.70. The summed E-state index contributed by atoms with van der Waals surface area (Å²) in [4.78, 5) is 39.9. The van der Waals surface area contributed by atoms with Crippen LogP contribution in [0.4, 0.5) is 0 Å². The molecule has 2 unspecified atom stereocenters. The molecule has 1 aliphatic rings. The Hall–Kier alpha value is -1.63. The van der Waals surface area contributed by atoms with Crippen LogP contribution in [0.2, 0.25) is 0 Å². The molecule has 1 fully saturated rings. The van der Waals surface area contributed by atoms with E-state index in [1.54, 1.807) is 0 Å². The minimum absolute atomic E-state index is 0.00837. The van der Waals surface area contributed by atoms with Gasteiger partial charge in [-0.15, -0.1) is 0 Å². The van der Waals surface area contributed by atoms with E-state index in [9.17, 15) is 14.4 Å². The van der Waals surface area contributed by atoms with Crippen molar-refractivity contribution < 1.29 is 14.4 Å². The van der Waals surface area contributed by atoms with E-state index in [4.69, 9.17) is 5.73 Å². The average molecular weight is 383 g/mol. The molecule has 0 aliphatic carbocycles. The molecule has 0 aromatic heterocycles. The lowest BCUT2D eigenvalue weighted by atomic mass is 10.0. The SMILES string of the molecule is CC(C)CC(=O)N1CCN(C(=O)CCCCCNC(=O)C(C)C(C)N)CC1. The second-order valence-electron chi connectivity index (χ2n) is 8.11. The maximum absolute atomic E-state index is 12.3. The lowest BCUT2D eigenvalue weighted by molar-refractivity contribution is -0.140. The quantitative estimate of drug-likeness (QED) is 0.558. The normalized spacial score (nSPS) is 17.0. The van der Waals surface area contributed by atoms with Gasteiger partial charge in [-0.1, -0.05) is 27.2 Å². The zero-order chi connectivity index (χ0) is 20.4. The highest BCUT2D eigenvalue weighted by molar-refractivity contribution is 5.79. The maximum atomic E-state index is 12.3. The van der Waals surface area contributed by atoms with E-state index in [0.29, 0.717) is 51.5 Å². The topological polar surface area (TPSA) is 95.7 Å². The molecule has 0 spiro atoms. The fraction of sp³-hybridized carbons (Fsp3) is 0.850. The van der Waals surface area contributed by atoms with Crippen molar-refractivity contribution in [2.75, 3.05) is 32.7 Å². The van der Waals surface area contributed by atoms with Crippen LogP contribution in [0.25, 0.3) is 0 Å². The smallest absolute Gasteiger partial charge is 0.224 e. The van der Waals surface area contributed by atoms with Gasteiger partial charge in [-0.2, -0.15) is 0 Å². The van der Waals surface area contributed by atoms with Crippen molar-refractivity contribution >= 4 is 17.7 Å². The van der Waals surface area contributed by atoms with Gasteiger partial charge in [-0.3, -0.25) is 14.4 Å². The molecule has 0 aromatic carbocycles. The second-order valence-corrected chi connectivity index (χ2v) is 8.11. The summed E-state index contributed by atoms with van der Waals surface area (Å²) in [6.45, 7) is 10.9. The molecule has 0 bridgehead atoms. The summed E-state index contributed by atoms with van der Waals surface area (Å²) in [5.41, 5.74) is 5.71. The van der Waals surface area contributed by atoms with Gasteiger partial charge in [0.1, 0.15) is 0 Å². The Balaban J connectivity index is 2.13. The second kappa shape index (κ2) is 12.0. The molecule has 1 heterocycles. The first kappa shape index (κ1) is 23.4. The number of carbonyl (C=O) groups excluding carboxylic acids is 3. The van der Waals surface area contributed by atoms with Crippen molar-refractivity contribution in [3.8, 4) is 0 Å². The first-order valence-corrected chi connectivity index (χ1v) is 10.3. The van der Waals surface area contributed by atoms with E-state index < -0.39 is 0 Å². The molecule has 0 saturated carbocycles. The number of piperazine rings is 1. The number of nitrogens with one attached hydrogen (secondary N) is 1. The third kappa shape index (κ3) is 8.73. The highest BCUT2D eigenvalue weighted by Crippen LogP contribution is 2.10. The van der Waals surface area contributed by atoms with Gasteiger partial charge in [0.05, 0.1) is 0 Å². The summed E-state index contributed by atoms with van der Waals surface area (Å²) >= 11 is 0. The Labute approximate surface area is 164 Å². The number of nitrogens with two attached hydrogens (primary N) is 1. The molecule has 1 aliphatic heterocycles. The average Bonchev–Trinajstić information content (AvgIpc) is 2.62. The van der Waals surface area contributed by atoms with E-state index in [1.807, 2.05) is 37.5 Å². The van der Waals surface area contributed by atoms with E-state index in [0.717, 1.165) is 19.3 Å². The molecule has 0 radical (unpaired) electrons. The Kier molecular flexibility index (Phi) is 10.4. The maximum Gasteiger partial charge on any atom is 0.224 e. The van der Waals surface area contributed by atoms with Gasteiger partial charge in [0.15, 0.2) is 0 Å². The van der Waals surface area contributed by atoms with E-state index in [1.165, 1.54) is 0 Å². The predicted octanol–water partition coefficient (Wildman–Crippen LogP) is 1.36. The van der Waals surface area contributed by atoms with Gasteiger partial charge in [-0.05, 0) is 25.7 Å². The monoisotopic (exact) mass is 382 g/mol. The fourth-order valence-corrected chi connectivity index (χ4v) is 3.03. The molecule has 7 nitrogen and oxygen atoms in total.